The van der Waals surface area contributed by atoms with Crippen molar-refractivity contribution in [1.29, 1.82) is 0 Å². The van der Waals surface area contributed by atoms with Crippen LogP contribution in [0.3, 0.4) is 0 Å². The van der Waals surface area contributed by atoms with Gasteiger partial charge in [-0.2, -0.15) is 13.2 Å². The molecule has 12 heteroatoms. The van der Waals surface area contributed by atoms with Gasteiger partial charge in [0.1, 0.15) is 0 Å². The van der Waals surface area contributed by atoms with Gasteiger partial charge in [-0.25, -0.2) is 31.1 Å². The highest BCUT2D eigenvalue weighted by Gasteiger charge is 2.35. The SMILES string of the molecule is CN(C)c1ccc(-c2c(F)c(F)c(F)c(F)c2-c2ccc(S(N)(=O)=O)cc2)cc1C(F)(F)F. The quantitative estimate of drug-likeness (QED) is 0.305. The van der Waals surface area contributed by atoms with Crippen LogP contribution in [0.4, 0.5) is 36.4 Å². The van der Waals surface area contributed by atoms with Gasteiger partial charge in [-0.1, -0.05) is 18.2 Å². The second kappa shape index (κ2) is 8.34. The molecule has 0 aliphatic heterocycles. The van der Waals surface area contributed by atoms with Gasteiger partial charge in [-0.05, 0) is 35.4 Å². The van der Waals surface area contributed by atoms with E-state index in [-0.39, 0.29) is 11.3 Å². The average Bonchev–Trinajstić information content (AvgIpc) is 2.73. The Balaban J connectivity index is 2.38. The molecule has 0 aliphatic rings. The highest BCUT2D eigenvalue weighted by molar-refractivity contribution is 7.89. The minimum Gasteiger partial charge on any atom is -0.377 e. The van der Waals surface area contributed by atoms with Gasteiger partial charge < -0.3 is 4.90 Å². The molecule has 3 aromatic carbocycles. The van der Waals surface area contributed by atoms with Crippen LogP contribution in [0.2, 0.25) is 0 Å². The fourth-order valence-corrected chi connectivity index (χ4v) is 3.81. The molecule has 0 aromatic heterocycles. The van der Waals surface area contributed by atoms with Gasteiger partial charge in [0.2, 0.25) is 10.0 Å². The molecule has 0 bridgehead atoms. The Morgan fingerprint density at radius 2 is 1.21 bits per heavy atom. The van der Waals surface area contributed by atoms with Crippen LogP contribution >= 0.6 is 0 Å². The molecule has 0 radical (unpaired) electrons. The van der Waals surface area contributed by atoms with Gasteiger partial charge in [0.05, 0.1) is 10.5 Å². The maximum Gasteiger partial charge on any atom is 0.418 e. The van der Waals surface area contributed by atoms with E-state index in [2.05, 4.69) is 0 Å². The van der Waals surface area contributed by atoms with E-state index >= 15 is 0 Å². The van der Waals surface area contributed by atoms with Crippen LogP contribution in [0.25, 0.3) is 22.3 Å². The third-order valence-corrected chi connectivity index (χ3v) is 5.74. The standard InChI is InChI=1S/C21H15F7N2O2S/c1-30(2)14-8-5-11(9-13(14)21(26,27)28)16-15(17(22)19(24)20(25)18(16)23)10-3-6-12(7-4-10)33(29,31)32/h3-9H,1-2H3,(H2,29,31,32). The van der Waals surface area contributed by atoms with Crippen LogP contribution in [0.15, 0.2) is 47.4 Å². The number of hydrogen-bond donors (Lipinski definition) is 1. The summed E-state index contributed by atoms with van der Waals surface area (Å²) in [5, 5.41) is 4.98. The zero-order valence-corrected chi connectivity index (χ0v) is 17.8. The van der Waals surface area contributed by atoms with Crippen LogP contribution in [-0.2, 0) is 16.2 Å². The van der Waals surface area contributed by atoms with Crippen molar-refractivity contribution in [2.45, 2.75) is 11.1 Å². The van der Waals surface area contributed by atoms with Gasteiger partial charge in [0.25, 0.3) is 0 Å². The monoisotopic (exact) mass is 492 g/mol. The molecule has 0 spiro atoms. The van der Waals surface area contributed by atoms with Crippen LogP contribution in [0, 0.1) is 23.3 Å². The molecule has 0 unspecified atom stereocenters. The van der Waals surface area contributed by atoms with E-state index in [4.69, 9.17) is 5.14 Å². The van der Waals surface area contributed by atoms with Crippen LogP contribution < -0.4 is 10.0 Å². The summed E-state index contributed by atoms with van der Waals surface area (Å²) in [4.78, 5) is 0.729. The molecule has 0 aliphatic carbocycles. The Hall–Kier alpha value is -3.12. The smallest absolute Gasteiger partial charge is 0.377 e. The highest BCUT2D eigenvalue weighted by atomic mass is 32.2. The number of nitrogens with zero attached hydrogens (tertiary/aromatic N) is 1. The Morgan fingerprint density at radius 3 is 1.64 bits per heavy atom. The number of halogens is 7. The highest BCUT2D eigenvalue weighted by Crippen LogP contribution is 2.43. The van der Waals surface area contributed by atoms with Crippen LogP contribution in [0.1, 0.15) is 5.56 Å². The maximum atomic E-state index is 14.8. The molecule has 3 aromatic rings. The predicted octanol–water partition coefficient (Wildman–Crippen LogP) is 5.31. The predicted molar refractivity (Wildman–Crippen MR) is 108 cm³/mol. The lowest BCUT2D eigenvalue weighted by molar-refractivity contribution is -0.137. The number of rotatable bonds is 4. The van der Waals surface area contributed by atoms with Gasteiger partial charge >= 0.3 is 6.18 Å². The summed E-state index contributed by atoms with van der Waals surface area (Å²) in [6.45, 7) is 0. The Kier molecular flexibility index (Phi) is 6.20. The molecule has 176 valence electrons. The van der Waals surface area contributed by atoms with Crippen molar-refractivity contribution in [2.75, 3.05) is 19.0 Å². The molecule has 0 heterocycles. The van der Waals surface area contributed by atoms with E-state index in [1.165, 1.54) is 14.1 Å². The molecule has 0 saturated carbocycles. The first-order valence-electron chi connectivity index (χ1n) is 9.02. The fourth-order valence-electron chi connectivity index (χ4n) is 3.29. The Morgan fingerprint density at radius 1 is 0.758 bits per heavy atom. The molecule has 4 nitrogen and oxygen atoms in total. The Bertz CT molecular complexity index is 1340. The zero-order valence-electron chi connectivity index (χ0n) is 16.9. The molecule has 0 fully saturated rings. The normalized spacial score (nSPS) is 12.2. The van der Waals surface area contributed by atoms with E-state index in [9.17, 15) is 39.2 Å². The molecule has 0 atom stereocenters. The van der Waals surface area contributed by atoms with Crippen molar-refractivity contribution < 1.29 is 39.2 Å². The average molecular weight is 492 g/mol. The van der Waals surface area contributed by atoms with Crippen LogP contribution in [-0.4, -0.2) is 22.5 Å². The van der Waals surface area contributed by atoms with Crippen molar-refractivity contribution in [3.63, 3.8) is 0 Å². The van der Waals surface area contributed by atoms with Crippen molar-refractivity contribution in [1.82, 2.24) is 0 Å². The van der Waals surface area contributed by atoms with Gasteiger partial charge in [-0.3, -0.25) is 0 Å². The zero-order chi connectivity index (χ0) is 24.9. The molecule has 0 amide bonds. The lowest BCUT2D eigenvalue weighted by Crippen LogP contribution is -2.16. The minimum atomic E-state index is -4.90. The summed E-state index contributed by atoms with van der Waals surface area (Å²) >= 11 is 0. The van der Waals surface area contributed by atoms with Crippen molar-refractivity contribution >= 4 is 15.7 Å². The second-order valence-corrected chi connectivity index (χ2v) is 8.76. The van der Waals surface area contributed by atoms with E-state index in [1.807, 2.05) is 0 Å². The van der Waals surface area contributed by atoms with E-state index in [0.29, 0.717) is 6.07 Å². The molecule has 0 saturated heterocycles. The lowest BCUT2D eigenvalue weighted by atomic mass is 9.91. The molecular formula is C21H15F7N2O2S. The fraction of sp³-hybridized carbons (Fsp3) is 0.143. The van der Waals surface area contributed by atoms with Gasteiger partial charge in [0.15, 0.2) is 23.3 Å². The summed E-state index contributed by atoms with van der Waals surface area (Å²) in [6, 6.07) is 6.17. The third-order valence-electron chi connectivity index (χ3n) is 4.81. The van der Waals surface area contributed by atoms with E-state index in [0.717, 1.165) is 41.3 Å². The maximum absolute atomic E-state index is 14.8. The molecule has 33 heavy (non-hydrogen) atoms. The van der Waals surface area contributed by atoms with E-state index < -0.39 is 66.6 Å². The van der Waals surface area contributed by atoms with Crippen molar-refractivity contribution in [2.24, 2.45) is 5.14 Å². The molecular weight excluding hydrogens is 477 g/mol. The number of primary sulfonamides is 1. The Labute approximate surface area is 184 Å². The summed E-state index contributed by atoms with van der Waals surface area (Å²) in [5.74, 6) is -8.16. The third kappa shape index (κ3) is 4.53. The van der Waals surface area contributed by atoms with Gasteiger partial charge in [-0.15, -0.1) is 0 Å². The first-order chi connectivity index (χ1) is 15.1. The number of sulfonamides is 1. The summed E-state index contributed by atoms with van der Waals surface area (Å²) in [6.07, 6.45) is -4.90. The number of nitrogens with two attached hydrogens (primary N) is 1. The largest absolute Gasteiger partial charge is 0.418 e. The number of anilines is 1. The van der Waals surface area contributed by atoms with E-state index in [1.54, 1.807) is 0 Å². The second-order valence-electron chi connectivity index (χ2n) is 7.20. The number of alkyl halides is 3. The molecule has 2 N–H and O–H groups in total. The summed E-state index contributed by atoms with van der Waals surface area (Å²) in [7, 11) is -1.50. The summed E-state index contributed by atoms with van der Waals surface area (Å²) < 4.78 is 121. The van der Waals surface area contributed by atoms with Gasteiger partial charge in [0, 0.05) is 30.9 Å². The van der Waals surface area contributed by atoms with Crippen LogP contribution in [0.5, 0.6) is 0 Å². The van der Waals surface area contributed by atoms with Crippen molar-refractivity contribution in [3.05, 3.63) is 71.3 Å². The summed E-state index contributed by atoms with van der Waals surface area (Å²) in [5.41, 5.74) is -4.27. The molecule has 3 rings (SSSR count). The topological polar surface area (TPSA) is 63.4 Å². The minimum absolute atomic E-state index is 0.297. The first-order valence-corrected chi connectivity index (χ1v) is 10.6. The number of hydrogen-bond acceptors (Lipinski definition) is 3. The first kappa shape index (κ1) is 24.5. The number of benzene rings is 3. The lowest BCUT2D eigenvalue weighted by Gasteiger charge is -2.21. The van der Waals surface area contributed by atoms with Crippen molar-refractivity contribution in [3.8, 4) is 22.3 Å².